The zero-order chi connectivity index (χ0) is 20.1. The highest BCUT2D eigenvalue weighted by Crippen LogP contribution is 2.38. The van der Waals surface area contributed by atoms with Crippen LogP contribution in [0.2, 0.25) is 0 Å². The van der Waals surface area contributed by atoms with Gasteiger partial charge in [-0.15, -0.1) is 0 Å². The molecule has 0 saturated carbocycles. The van der Waals surface area contributed by atoms with E-state index in [4.69, 9.17) is 21.7 Å². The van der Waals surface area contributed by atoms with Crippen molar-refractivity contribution in [1.29, 1.82) is 0 Å². The lowest BCUT2D eigenvalue weighted by atomic mass is 10.1. The molecule has 0 aliphatic heterocycles. The van der Waals surface area contributed by atoms with Crippen LogP contribution in [0.4, 0.5) is 5.69 Å². The van der Waals surface area contributed by atoms with Crippen LogP contribution < -0.4 is 9.47 Å². The van der Waals surface area contributed by atoms with Crippen LogP contribution in [-0.2, 0) is 6.61 Å². The molecule has 2 aromatic carbocycles. The van der Waals surface area contributed by atoms with Gasteiger partial charge in [0.1, 0.15) is 12.9 Å². The molecule has 1 heterocycles. The molecule has 0 fully saturated rings. The van der Waals surface area contributed by atoms with E-state index in [1.165, 1.54) is 30.4 Å². The molecule has 0 radical (unpaired) electrons. The van der Waals surface area contributed by atoms with Crippen molar-refractivity contribution in [2.24, 2.45) is 5.10 Å². The van der Waals surface area contributed by atoms with E-state index >= 15 is 0 Å². The van der Waals surface area contributed by atoms with Crippen molar-refractivity contribution < 1.29 is 14.4 Å². The highest BCUT2D eigenvalue weighted by atomic mass is 32.1. The van der Waals surface area contributed by atoms with E-state index in [-0.39, 0.29) is 23.8 Å². The van der Waals surface area contributed by atoms with Gasteiger partial charge in [-0.2, -0.15) is 14.9 Å². The number of nitrogens with zero attached hydrogens (tertiary/aromatic N) is 4. The van der Waals surface area contributed by atoms with Gasteiger partial charge in [0.15, 0.2) is 5.75 Å². The average molecular weight is 399 g/mol. The normalized spacial score (nSPS) is 10.9. The molecule has 0 amide bonds. The van der Waals surface area contributed by atoms with Crippen LogP contribution in [0, 0.1) is 21.8 Å². The minimum Gasteiger partial charge on any atom is -0.493 e. The van der Waals surface area contributed by atoms with Gasteiger partial charge in [0.25, 0.3) is 0 Å². The molecule has 10 heteroatoms. The Morgan fingerprint density at radius 2 is 2.21 bits per heavy atom. The predicted octanol–water partition coefficient (Wildman–Crippen LogP) is 3.63. The van der Waals surface area contributed by atoms with E-state index in [1.807, 2.05) is 31.2 Å². The molecule has 0 saturated heterocycles. The molecule has 1 aromatic heterocycles. The maximum atomic E-state index is 11.6. The second-order valence-electron chi connectivity index (χ2n) is 5.86. The van der Waals surface area contributed by atoms with E-state index in [0.717, 1.165) is 11.1 Å². The molecule has 28 heavy (non-hydrogen) atoms. The van der Waals surface area contributed by atoms with Gasteiger partial charge < -0.3 is 9.47 Å². The van der Waals surface area contributed by atoms with Crippen molar-refractivity contribution in [2.75, 3.05) is 7.11 Å². The number of nitro benzene ring substituents is 1. The van der Waals surface area contributed by atoms with Crippen LogP contribution in [0.25, 0.3) is 0 Å². The maximum absolute atomic E-state index is 11.6. The summed E-state index contributed by atoms with van der Waals surface area (Å²) in [4.78, 5) is 11.1. The van der Waals surface area contributed by atoms with Crippen molar-refractivity contribution in [3.8, 4) is 11.5 Å². The second kappa shape index (κ2) is 8.44. The molecule has 0 spiro atoms. The fourth-order valence-corrected chi connectivity index (χ4v) is 2.67. The summed E-state index contributed by atoms with van der Waals surface area (Å²) in [5.41, 5.74) is 2.21. The number of hydrogen-bond donors (Lipinski definition) is 1. The van der Waals surface area contributed by atoms with Crippen LogP contribution >= 0.6 is 12.2 Å². The molecule has 0 atom stereocenters. The Balaban J connectivity index is 1.93. The number of benzene rings is 2. The minimum atomic E-state index is -0.519. The SMILES string of the molecule is COc1cc(/C=N\n2cn[nH]c2=S)cc([N+](=O)[O-])c1OCc1cccc(C)c1. The zero-order valence-electron chi connectivity index (χ0n) is 15.2. The molecule has 1 N–H and O–H groups in total. The maximum Gasteiger partial charge on any atom is 0.315 e. The molecular formula is C18H17N5O4S. The number of nitrogens with one attached hydrogen (secondary N) is 1. The summed E-state index contributed by atoms with van der Waals surface area (Å²) >= 11 is 5.01. The molecule has 3 aromatic rings. The molecule has 144 valence electrons. The van der Waals surface area contributed by atoms with Gasteiger partial charge >= 0.3 is 5.69 Å². The lowest BCUT2D eigenvalue weighted by Crippen LogP contribution is -2.03. The van der Waals surface area contributed by atoms with Crippen molar-refractivity contribution in [3.63, 3.8) is 0 Å². The standard InChI is InChI=1S/C18H17N5O4S/c1-12-4-3-5-13(6-12)10-27-17-15(23(24)25)7-14(8-16(17)26-2)9-20-22-11-19-21-18(22)28/h3-9,11H,10H2,1-2H3,(H,21,28)/b20-9-. The zero-order valence-corrected chi connectivity index (χ0v) is 16.0. The van der Waals surface area contributed by atoms with E-state index < -0.39 is 4.92 Å². The van der Waals surface area contributed by atoms with Gasteiger partial charge in [-0.1, -0.05) is 29.8 Å². The summed E-state index contributed by atoms with van der Waals surface area (Å²) in [6, 6.07) is 10.7. The molecule has 0 aliphatic rings. The number of methoxy groups -OCH3 is 1. The largest absolute Gasteiger partial charge is 0.493 e. The fourth-order valence-electron chi connectivity index (χ4n) is 2.53. The summed E-state index contributed by atoms with van der Waals surface area (Å²) in [5.74, 6) is 0.296. The molecule has 0 aliphatic carbocycles. The van der Waals surface area contributed by atoms with Gasteiger partial charge in [-0.3, -0.25) is 15.2 Å². The Bertz CT molecular complexity index is 1090. The lowest BCUT2D eigenvalue weighted by molar-refractivity contribution is -0.386. The average Bonchev–Trinajstić information content (AvgIpc) is 3.09. The highest BCUT2D eigenvalue weighted by Gasteiger charge is 2.22. The molecule has 0 bridgehead atoms. The smallest absolute Gasteiger partial charge is 0.315 e. The number of H-pyrrole nitrogens is 1. The summed E-state index contributed by atoms with van der Waals surface area (Å²) in [6.07, 6.45) is 2.81. The molecule has 9 nitrogen and oxygen atoms in total. The van der Waals surface area contributed by atoms with Crippen LogP contribution in [0.1, 0.15) is 16.7 Å². The Hall–Kier alpha value is -3.53. The van der Waals surface area contributed by atoms with Gasteiger partial charge in [-0.05, 0) is 30.8 Å². The number of nitro groups is 1. The van der Waals surface area contributed by atoms with E-state index in [9.17, 15) is 10.1 Å². The van der Waals surface area contributed by atoms with Gasteiger partial charge in [-0.25, -0.2) is 0 Å². The van der Waals surface area contributed by atoms with Crippen LogP contribution in [-0.4, -0.2) is 33.1 Å². The third-order valence-corrected chi connectivity index (χ3v) is 4.08. The van der Waals surface area contributed by atoms with Crippen molar-refractivity contribution in [2.45, 2.75) is 13.5 Å². The molecular weight excluding hydrogens is 382 g/mol. The first-order valence-corrected chi connectivity index (χ1v) is 8.60. The number of aryl methyl sites for hydroxylation is 1. The quantitative estimate of drug-likeness (QED) is 0.281. The minimum absolute atomic E-state index is 0.0612. The van der Waals surface area contributed by atoms with Crippen LogP contribution in [0.5, 0.6) is 11.5 Å². The molecule has 3 rings (SSSR count). The first-order valence-electron chi connectivity index (χ1n) is 8.19. The third kappa shape index (κ3) is 4.41. The van der Waals surface area contributed by atoms with Crippen molar-refractivity contribution in [1.82, 2.24) is 14.9 Å². The van der Waals surface area contributed by atoms with E-state index in [2.05, 4.69) is 15.3 Å². The van der Waals surface area contributed by atoms with Crippen LogP contribution in [0.3, 0.4) is 0 Å². The van der Waals surface area contributed by atoms with E-state index in [1.54, 1.807) is 6.07 Å². The second-order valence-corrected chi connectivity index (χ2v) is 6.24. The lowest BCUT2D eigenvalue weighted by Gasteiger charge is -2.12. The van der Waals surface area contributed by atoms with Gasteiger partial charge in [0.05, 0.1) is 18.2 Å². The monoisotopic (exact) mass is 399 g/mol. The Morgan fingerprint density at radius 1 is 1.39 bits per heavy atom. The third-order valence-electron chi connectivity index (χ3n) is 3.81. The highest BCUT2D eigenvalue weighted by molar-refractivity contribution is 7.71. The summed E-state index contributed by atoms with van der Waals surface area (Å²) in [5, 5.41) is 22.0. The Morgan fingerprint density at radius 3 is 2.86 bits per heavy atom. The first-order chi connectivity index (χ1) is 13.5. The van der Waals surface area contributed by atoms with Crippen LogP contribution in [0.15, 0.2) is 47.8 Å². The Labute approximate surface area is 165 Å². The van der Waals surface area contributed by atoms with Gasteiger partial charge in [0, 0.05) is 11.6 Å². The number of aromatic nitrogens is 3. The first kappa shape index (κ1) is 19.2. The topological polar surface area (TPSA) is 108 Å². The Kier molecular flexibility index (Phi) is 5.80. The fraction of sp³-hybridized carbons (Fsp3) is 0.167. The summed E-state index contributed by atoms with van der Waals surface area (Å²) < 4.78 is 12.7. The number of ether oxygens (including phenoxy) is 2. The number of rotatable bonds is 7. The van der Waals surface area contributed by atoms with Crippen molar-refractivity contribution in [3.05, 3.63) is 74.3 Å². The number of aromatic amines is 1. The summed E-state index contributed by atoms with van der Waals surface area (Å²) in [6.45, 7) is 2.14. The predicted molar refractivity (Wildman–Crippen MR) is 106 cm³/mol. The number of hydrogen-bond acceptors (Lipinski definition) is 7. The molecule has 0 unspecified atom stereocenters. The van der Waals surface area contributed by atoms with Gasteiger partial charge in [0.2, 0.25) is 10.5 Å². The van der Waals surface area contributed by atoms with Crippen molar-refractivity contribution >= 4 is 24.1 Å². The van der Waals surface area contributed by atoms with E-state index in [0.29, 0.717) is 10.3 Å². The summed E-state index contributed by atoms with van der Waals surface area (Å²) in [7, 11) is 1.42.